The molecular formula is C18H22BrFN2O2. The highest BCUT2D eigenvalue weighted by molar-refractivity contribution is 9.10. The Morgan fingerprint density at radius 3 is 2.83 bits per heavy atom. The second-order valence-electron chi connectivity index (χ2n) is 6.23. The molecule has 6 heteroatoms. The van der Waals surface area contributed by atoms with Crippen molar-refractivity contribution in [2.75, 3.05) is 19.7 Å². The summed E-state index contributed by atoms with van der Waals surface area (Å²) in [4.78, 5) is 13.8. The maximum Gasteiger partial charge on any atom is 0.409 e. The topological polar surface area (TPSA) is 34.5 Å². The molecule has 3 rings (SSSR count). The lowest BCUT2D eigenvalue weighted by Crippen LogP contribution is -2.39. The predicted octanol–water partition coefficient (Wildman–Crippen LogP) is 5.12. The normalized spacial score (nSPS) is 15.9. The van der Waals surface area contributed by atoms with E-state index in [4.69, 9.17) is 4.74 Å². The fourth-order valence-electron chi connectivity index (χ4n) is 3.19. The molecule has 4 nitrogen and oxygen atoms in total. The number of amides is 1. The number of benzene rings is 1. The zero-order chi connectivity index (χ0) is 17.1. The van der Waals surface area contributed by atoms with Gasteiger partial charge in [0.2, 0.25) is 0 Å². The highest BCUT2D eigenvalue weighted by atomic mass is 79.9. The van der Waals surface area contributed by atoms with Crippen molar-refractivity contribution in [2.45, 2.75) is 38.6 Å². The molecule has 1 aromatic heterocycles. The van der Waals surface area contributed by atoms with Crippen LogP contribution in [0.2, 0.25) is 0 Å². The van der Waals surface area contributed by atoms with Crippen LogP contribution in [-0.2, 0) is 4.74 Å². The first-order chi connectivity index (χ1) is 11.6. The Morgan fingerprint density at radius 2 is 2.12 bits per heavy atom. The lowest BCUT2D eigenvalue weighted by Gasteiger charge is -2.32. The molecule has 0 atom stereocenters. The van der Waals surface area contributed by atoms with Crippen LogP contribution in [0.15, 0.2) is 28.9 Å². The lowest BCUT2D eigenvalue weighted by molar-refractivity contribution is 0.0878. The summed E-state index contributed by atoms with van der Waals surface area (Å²) in [7, 11) is 0. The molecule has 0 radical (unpaired) electrons. The van der Waals surface area contributed by atoms with E-state index >= 15 is 0 Å². The fourth-order valence-corrected chi connectivity index (χ4v) is 3.55. The third-order valence-corrected chi connectivity index (χ3v) is 5.21. The van der Waals surface area contributed by atoms with Crippen LogP contribution in [-0.4, -0.2) is 35.3 Å². The van der Waals surface area contributed by atoms with Crippen LogP contribution in [0.5, 0.6) is 0 Å². The Labute approximate surface area is 149 Å². The van der Waals surface area contributed by atoms with Gasteiger partial charge in [-0.2, -0.15) is 0 Å². The van der Waals surface area contributed by atoms with Gasteiger partial charge in [-0.1, -0.05) is 13.3 Å². The molecule has 2 aromatic rings. The van der Waals surface area contributed by atoms with E-state index in [-0.39, 0.29) is 18.0 Å². The van der Waals surface area contributed by atoms with Crippen LogP contribution in [0, 0.1) is 5.82 Å². The van der Waals surface area contributed by atoms with Gasteiger partial charge in [-0.3, -0.25) is 0 Å². The molecule has 0 unspecified atom stereocenters. The van der Waals surface area contributed by atoms with E-state index in [1.165, 1.54) is 0 Å². The van der Waals surface area contributed by atoms with Gasteiger partial charge in [0.25, 0.3) is 0 Å². The number of nitrogens with zero attached hydrogens (tertiary/aromatic N) is 2. The van der Waals surface area contributed by atoms with Crippen molar-refractivity contribution in [3.05, 3.63) is 34.7 Å². The molecule has 1 amide bonds. The van der Waals surface area contributed by atoms with Gasteiger partial charge in [0.15, 0.2) is 0 Å². The van der Waals surface area contributed by atoms with E-state index in [0.717, 1.165) is 36.6 Å². The molecule has 0 saturated carbocycles. The molecule has 1 saturated heterocycles. The van der Waals surface area contributed by atoms with Crippen LogP contribution < -0.4 is 0 Å². The minimum absolute atomic E-state index is 0.214. The molecule has 24 heavy (non-hydrogen) atoms. The maximum absolute atomic E-state index is 13.9. The summed E-state index contributed by atoms with van der Waals surface area (Å²) in [5, 5.41) is 1.02. The summed E-state index contributed by atoms with van der Waals surface area (Å²) < 4.78 is 21.7. The molecule has 0 spiro atoms. The summed E-state index contributed by atoms with van der Waals surface area (Å²) in [5.41, 5.74) is 0.902. The minimum Gasteiger partial charge on any atom is -0.449 e. The van der Waals surface area contributed by atoms with Crippen LogP contribution in [0.1, 0.15) is 38.6 Å². The number of aromatic nitrogens is 1. The second kappa shape index (κ2) is 7.55. The summed E-state index contributed by atoms with van der Waals surface area (Å²) in [6.45, 7) is 3.91. The van der Waals surface area contributed by atoms with Gasteiger partial charge in [0.05, 0.1) is 16.6 Å². The SMILES string of the molecule is CCCCOC(=O)N1CCC(n2ccc3cc(Br)c(F)cc32)CC1. The first-order valence-corrected chi connectivity index (χ1v) is 9.26. The molecule has 1 aromatic carbocycles. The quantitative estimate of drug-likeness (QED) is 0.672. The first kappa shape index (κ1) is 17.3. The van der Waals surface area contributed by atoms with Crippen molar-refractivity contribution < 1.29 is 13.9 Å². The van der Waals surface area contributed by atoms with Gasteiger partial charge in [0, 0.05) is 30.7 Å². The number of fused-ring (bicyclic) bond motifs is 1. The zero-order valence-corrected chi connectivity index (χ0v) is 15.4. The smallest absolute Gasteiger partial charge is 0.409 e. The highest BCUT2D eigenvalue weighted by Crippen LogP contribution is 2.30. The van der Waals surface area contributed by atoms with Gasteiger partial charge >= 0.3 is 6.09 Å². The Bertz CT molecular complexity index is 723. The third kappa shape index (κ3) is 3.58. The van der Waals surface area contributed by atoms with Crippen LogP contribution >= 0.6 is 15.9 Å². The van der Waals surface area contributed by atoms with Gasteiger partial charge in [-0.05, 0) is 53.4 Å². The number of unbranched alkanes of at least 4 members (excludes halogenated alkanes) is 1. The predicted molar refractivity (Wildman–Crippen MR) is 95.7 cm³/mol. The fraction of sp³-hybridized carbons (Fsp3) is 0.500. The van der Waals surface area contributed by atoms with E-state index in [9.17, 15) is 9.18 Å². The van der Waals surface area contributed by atoms with Crippen molar-refractivity contribution in [1.82, 2.24) is 9.47 Å². The van der Waals surface area contributed by atoms with E-state index in [1.54, 1.807) is 17.0 Å². The Kier molecular flexibility index (Phi) is 5.43. The summed E-state index contributed by atoms with van der Waals surface area (Å²) in [5.74, 6) is -0.251. The standard InChI is InChI=1S/C18H22BrFN2O2/c1-2-3-10-24-18(23)21-7-5-14(6-8-21)22-9-4-13-11-15(19)16(20)12-17(13)22/h4,9,11-12,14H,2-3,5-8,10H2,1H3. The largest absolute Gasteiger partial charge is 0.449 e. The number of ether oxygens (including phenoxy) is 1. The van der Waals surface area contributed by atoms with Gasteiger partial charge in [-0.15, -0.1) is 0 Å². The molecule has 0 aliphatic carbocycles. The number of hydrogen-bond acceptors (Lipinski definition) is 2. The minimum atomic E-state index is -0.251. The monoisotopic (exact) mass is 396 g/mol. The van der Waals surface area contributed by atoms with Crippen molar-refractivity contribution in [1.29, 1.82) is 0 Å². The van der Waals surface area contributed by atoms with Crippen molar-refractivity contribution in [3.8, 4) is 0 Å². The van der Waals surface area contributed by atoms with Gasteiger partial charge < -0.3 is 14.2 Å². The third-order valence-electron chi connectivity index (χ3n) is 4.60. The molecule has 130 valence electrons. The van der Waals surface area contributed by atoms with Crippen LogP contribution in [0.4, 0.5) is 9.18 Å². The number of carbonyl (C=O) groups excluding carboxylic acids is 1. The Hall–Kier alpha value is -1.56. The Balaban J connectivity index is 1.65. The second-order valence-corrected chi connectivity index (χ2v) is 7.09. The van der Waals surface area contributed by atoms with Crippen LogP contribution in [0.3, 0.4) is 0 Å². The van der Waals surface area contributed by atoms with E-state index in [2.05, 4.69) is 27.4 Å². The van der Waals surface area contributed by atoms with Crippen molar-refractivity contribution >= 4 is 32.9 Å². The van der Waals surface area contributed by atoms with Crippen LogP contribution in [0.25, 0.3) is 10.9 Å². The number of hydrogen-bond donors (Lipinski definition) is 0. The van der Waals surface area contributed by atoms with E-state index in [0.29, 0.717) is 24.2 Å². The number of carbonyl (C=O) groups is 1. The molecular weight excluding hydrogens is 375 g/mol. The van der Waals surface area contributed by atoms with Gasteiger partial charge in [0.1, 0.15) is 5.82 Å². The Morgan fingerprint density at radius 1 is 1.38 bits per heavy atom. The molecule has 1 aliphatic heterocycles. The lowest BCUT2D eigenvalue weighted by atomic mass is 10.0. The zero-order valence-electron chi connectivity index (χ0n) is 13.8. The van der Waals surface area contributed by atoms with E-state index < -0.39 is 0 Å². The molecule has 0 N–H and O–H groups in total. The number of likely N-dealkylation sites (tertiary alicyclic amines) is 1. The van der Waals surface area contributed by atoms with Crippen molar-refractivity contribution in [2.24, 2.45) is 0 Å². The highest BCUT2D eigenvalue weighted by Gasteiger charge is 2.25. The molecule has 1 aliphatic rings. The molecule has 0 bridgehead atoms. The summed E-state index contributed by atoms with van der Waals surface area (Å²) in [6.07, 6.45) is 5.42. The molecule has 2 heterocycles. The van der Waals surface area contributed by atoms with E-state index in [1.807, 2.05) is 12.3 Å². The first-order valence-electron chi connectivity index (χ1n) is 8.47. The number of halogens is 2. The maximum atomic E-state index is 13.9. The summed E-state index contributed by atoms with van der Waals surface area (Å²) in [6, 6.07) is 5.67. The number of rotatable bonds is 4. The van der Waals surface area contributed by atoms with Gasteiger partial charge in [-0.25, -0.2) is 9.18 Å². The number of piperidine rings is 1. The van der Waals surface area contributed by atoms with Crippen molar-refractivity contribution in [3.63, 3.8) is 0 Å². The average molecular weight is 397 g/mol. The molecule has 1 fully saturated rings. The average Bonchev–Trinajstić information content (AvgIpc) is 2.98. The summed E-state index contributed by atoms with van der Waals surface area (Å²) >= 11 is 3.23.